The van der Waals surface area contributed by atoms with E-state index in [0.717, 1.165) is 42.9 Å². The average Bonchev–Trinajstić information content (AvgIpc) is 3.25. The second-order valence-corrected chi connectivity index (χ2v) is 13.7. The number of sulfone groups is 1. The van der Waals surface area contributed by atoms with Gasteiger partial charge in [0.05, 0.1) is 33.0 Å². The fourth-order valence-electron chi connectivity index (χ4n) is 5.43. The van der Waals surface area contributed by atoms with E-state index in [0.29, 0.717) is 34.2 Å². The molecule has 41 heavy (non-hydrogen) atoms. The highest BCUT2D eigenvalue weighted by Crippen LogP contribution is 2.38. The summed E-state index contributed by atoms with van der Waals surface area (Å²) in [6.07, 6.45) is 2.12. The summed E-state index contributed by atoms with van der Waals surface area (Å²) in [6.45, 7) is 13.3. The zero-order valence-corrected chi connectivity index (χ0v) is 25.3. The van der Waals surface area contributed by atoms with Gasteiger partial charge in [-0.15, -0.1) is 0 Å². The van der Waals surface area contributed by atoms with Crippen LogP contribution in [-0.2, 0) is 9.84 Å². The van der Waals surface area contributed by atoms with Gasteiger partial charge in [0.15, 0.2) is 15.5 Å². The highest BCUT2D eigenvalue weighted by atomic mass is 32.2. The molecule has 5 rings (SSSR count). The molecule has 11 heteroatoms. The molecule has 1 fully saturated rings. The molecule has 1 saturated heterocycles. The van der Waals surface area contributed by atoms with Crippen LogP contribution in [0.15, 0.2) is 41.3 Å². The summed E-state index contributed by atoms with van der Waals surface area (Å²) in [5.74, 6) is 1.62. The Morgan fingerprint density at radius 1 is 1.07 bits per heavy atom. The molecule has 4 aromatic rings. The Kier molecular flexibility index (Phi) is 7.93. The third kappa shape index (κ3) is 5.60. The van der Waals surface area contributed by atoms with Crippen molar-refractivity contribution in [1.29, 1.82) is 0 Å². The van der Waals surface area contributed by atoms with Crippen molar-refractivity contribution in [2.45, 2.75) is 76.6 Å². The molecular formula is C30H39N7O3S. The molecular weight excluding hydrogens is 538 g/mol. The van der Waals surface area contributed by atoms with Crippen molar-refractivity contribution >= 4 is 38.3 Å². The number of nitrogen functional groups attached to an aromatic ring is 1. The minimum absolute atomic E-state index is 0.0414. The normalized spacial score (nSPS) is 14.7. The largest absolute Gasteiger partial charge is 0.489 e. The number of piperidine rings is 1. The Hall–Kier alpha value is -3.70. The van der Waals surface area contributed by atoms with Gasteiger partial charge in [-0.1, -0.05) is 12.1 Å². The SMILES string of the molecule is Cc1cc(-n2nc(C)c3c(Nc4ccccc4S(=O)(=O)C(C)C)nc(N)nc32)c(OC(C)C)cc1C1CCNCC1. The molecule has 0 atom stereocenters. The van der Waals surface area contributed by atoms with E-state index in [9.17, 15) is 8.42 Å². The molecule has 0 spiro atoms. The standard InChI is InChI=1S/C30H39N7O3S/c1-17(2)40-25-16-22(21-11-13-32-14-12-21)19(5)15-24(25)37-29-27(20(6)36-37)28(34-30(31)35-29)33-23-9-7-8-10-26(23)41(38,39)18(3)4/h7-10,15-18,21,32H,11-14H2,1-6H3,(H3,31,33,34,35). The van der Waals surface area contributed by atoms with Crippen LogP contribution in [0.1, 0.15) is 63.3 Å². The van der Waals surface area contributed by atoms with Gasteiger partial charge in [-0.2, -0.15) is 15.1 Å². The van der Waals surface area contributed by atoms with Crippen molar-refractivity contribution in [2.24, 2.45) is 0 Å². The summed E-state index contributed by atoms with van der Waals surface area (Å²) in [5, 5.41) is 11.6. The van der Waals surface area contributed by atoms with Gasteiger partial charge < -0.3 is 21.1 Å². The van der Waals surface area contributed by atoms with Gasteiger partial charge in [0.1, 0.15) is 17.3 Å². The van der Waals surface area contributed by atoms with Gasteiger partial charge >= 0.3 is 0 Å². The number of fused-ring (bicyclic) bond motifs is 1. The van der Waals surface area contributed by atoms with Gasteiger partial charge in [0, 0.05) is 0 Å². The van der Waals surface area contributed by atoms with E-state index in [2.05, 4.69) is 39.7 Å². The maximum atomic E-state index is 13.1. The molecule has 0 saturated carbocycles. The molecule has 218 valence electrons. The first-order valence-corrected chi connectivity index (χ1v) is 15.7. The van der Waals surface area contributed by atoms with Crippen LogP contribution in [0.3, 0.4) is 0 Å². The van der Waals surface area contributed by atoms with E-state index in [-0.39, 0.29) is 16.9 Å². The fourth-order valence-corrected chi connectivity index (χ4v) is 6.63. The molecule has 10 nitrogen and oxygen atoms in total. The number of nitrogens with zero attached hydrogens (tertiary/aromatic N) is 4. The highest BCUT2D eigenvalue weighted by Gasteiger charge is 2.26. The number of aromatic nitrogens is 4. The van der Waals surface area contributed by atoms with Crippen molar-refractivity contribution in [3.8, 4) is 11.4 Å². The average molecular weight is 578 g/mol. The van der Waals surface area contributed by atoms with Gasteiger partial charge in [0.2, 0.25) is 5.95 Å². The van der Waals surface area contributed by atoms with Crippen LogP contribution in [0, 0.1) is 13.8 Å². The molecule has 3 heterocycles. The van der Waals surface area contributed by atoms with Crippen molar-refractivity contribution in [1.82, 2.24) is 25.1 Å². The van der Waals surface area contributed by atoms with E-state index in [4.69, 9.17) is 15.6 Å². The first-order valence-electron chi connectivity index (χ1n) is 14.1. The quantitative estimate of drug-likeness (QED) is 0.258. The Bertz CT molecular complexity index is 1690. The summed E-state index contributed by atoms with van der Waals surface area (Å²) < 4.78 is 34.3. The highest BCUT2D eigenvalue weighted by molar-refractivity contribution is 7.92. The van der Waals surface area contributed by atoms with E-state index in [1.807, 2.05) is 20.8 Å². The summed E-state index contributed by atoms with van der Waals surface area (Å²) in [7, 11) is -3.55. The lowest BCUT2D eigenvalue weighted by Gasteiger charge is -2.26. The maximum Gasteiger partial charge on any atom is 0.224 e. The first-order chi connectivity index (χ1) is 19.5. The Labute approximate surface area is 241 Å². The number of para-hydroxylation sites is 1. The summed E-state index contributed by atoms with van der Waals surface area (Å²) in [6, 6.07) is 11.1. The molecule has 1 aliphatic heterocycles. The van der Waals surface area contributed by atoms with Crippen LogP contribution in [0.2, 0.25) is 0 Å². The number of ether oxygens (including phenoxy) is 1. The van der Waals surface area contributed by atoms with Crippen molar-refractivity contribution < 1.29 is 13.2 Å². The molecule has 0 amide bonds. The Morgan fingerprint density at radius 3 is 2.46 bits per heavy atom. The van der Waals surface area contributed by atoms with Crippen molar-refractivity contribution in [3.05, 3.63) is 53.2 Å². The third-order valence-corrected chi connectivity index (χ3v) is 9.71. The van der Waals surface area contributed by atoms with E-state index in [1.165, 1.54) is 5.56 Å². The molecule has 2 aromatic carbocycles. The lowest BCUT2D eigenvalue weighted by Crippen LogP contribution is -2.27. The number of nitrogens with one attached hydrogen (secondary N) is 2. The monoisotopic (exact) mass is 577 g/mol. The van der Waals surface area contributed by atoms with Gasteiger partial charge in [-0.05, 0) is 109 Å². The number of hydrogen-bond acceptors (Lipinski definition) is 9. The number of nitrogens with two attached hydrogens (primary N) is 1. The Balaban J connectivity index is 1.66. The Morgan fingerprint density at radius 2 is 1.78 bits per heavy atom. The van der Waals surface area contributed by atoms with Gasteiger partial charge in [-0.3, -0.25) is 0 Å². The van der Waals surface area contributed by atoms with Crippen LogP contribution < -0.4 is 21.1 Å². The second kappa shape index (κ2) is 11.3. The smallest absolute Gasteiger partial charge is 0.224 e. The summed E-state index contributed by atoms with van der Waals surface area (Å²) in [5.41, 5.74) is 11.0. The van der Waals surface area contributed by atoms with Crippen molar-refractivity contribution in [3.63, 3.8) is 0 Å². The zero-order valence-electron chi connectivity index (χ0n) is 24.5. The summed E-state index contributed by atoms with van der Waals surface area (Å²) >= 11 is 0. The predicted molar refractivity (Wildman–Crippen MR) is 163 cm³/mol. The number of benzene rings is 2. The van der Waals surface area contributed by atoms with Gasteiger partial charge in [0.25, 0.3) is 0 Å². The van der Waals surface area contributed by atoms with Crippen LogP contribution in [-0.4, -0.2) is 52.6 Å². The first kappa shape index (κ1) is 28.8. The lowest BCUT2D eigenvalue weighted by atomic mass is 9.87. The maximum absolute atomic E-state index is 13.1. The number of rotatable bonds is 8. The third-order valence-electron chi connectivity index (χ3n) is 7.50. The number of aryl methyl sites for hydroxylation is 2. The minimum atomic E-state index is -3.55. The fraction of sp³-hybridized carbons (Fsp3) is 0.433. The van der Waals surface area contributed by atoms with Crippen LogP contribution in [0.25, 0.3) is 16.7 Å². The molecule has 1 aliphatic rings. The van der Waals surface area contributed by atoms with Crippen LogP contribution in [0.5, 0.6) is 5.75 Å². The number of anilines is 3. The molecule has 0 bridgehead atoms. The molecule has 0 unspecified atom stereocenters. The second-order valence-electron chi connectivity index (χ2n) is 11.2. The molecule has 0 aliphatic carbocycles. The molecule has 4 N–H and O–H groups in total. The van der Waals surface area contributed by atoms with E-state index >= 15 is 0 Å². The predicted octanol–water partition coefficient (Wildman–Crippen LogP) is 5.19. The number of hydrogen-bond donors (Lipinski definition) is 3. The lowest BCUT2D eigenvalue weighted by molar-refractivity contribution is 0.241. The van der Waals surface area contributed by atoms with Crippen LogP contribution >= 0.6 is 0 Å². The topological polar surface area (TPSA) is 137 Å². The van der Waals surface area contributed by atoms with E-state index < -0.39 is 15.1 Å². The van der Waals surface area contributed by atoms with Crippen LogP contribution in [0.4, 0.5) is 17.5 Å². The molecule has 0 radical (unpaired) electrons. The summed E-state index contributed by atoms with van der Waals surface area (Å²) in [4.78, 5) is 9.24. The van der Waals surface area contributed by atoms with E-state index in [1.54, 1.807) is 42.8 Å². The minimum Gasteiger partial charge on any atom is -0.489 e. The van der Waals surface area contributed by atoms with Gasteiger partial charge in [-0.25, -0.2) is 13.1 Å². The molecule has 2 aromatic heterocycles. The zero-order chi connectivity index (χ0) is 29.5. The van der Waals surface area contributed by atoms with Crippen molar-refractivity contribution in [2.75, 3.05) is 24.1 Å².